The van der Waals surface area contributed by atoms with Gasteiger partial charge in [-0.05, 0) is 54.4 Å². The maximum atomic E-state index is 12.7. The topological polar surface area (TPSA) is 81.9 Å². The van der Waals surface area contributed by atoms with Gasteiger partial charge in [-0.15, -0.1) is 0 Å². The fraction of sp³-hybridized carbons (Fsp3) is 0.444. The zero-order chi connectivity index (χ0) is 16.8. The number of hydrogen-bond donors (Lipinski definition) is 3. The van der Waals surface area contributed by atoms with Gasteiger partial charge in [-0.25, -0.2) is 5.43 Å². The Morgan fingerprint density at radius 3 is 2.74 bits per heavy atom. The van der Waals surface area contributed by atoms with Crippen molar-refractivity contribution in [3.8, 4) is 11.5 Å². The zero-order valence-electron chi connectivity index (χ0n) is 13.5. The molecule has 0 heterocycles. The molecule has 1 aromatic rings. The van der Waals surface area contributed by atoms with Gasteiger partial charge in [-0.1, -0.05) is 26.0 Å². The van der Waals surface area contributed by atoms with Crippen molar-refractivity contribution in [2.45, 2.75) is 33.1 Å². The van der Waals surface area contributed by atoms with Crippen LogP contribution in [0.2, 0.25) is 0 Å². The van der Waals surface area contributed by atoms with Crippen molar-refractivity contribution in [3.63, 3.8) is 0 Å². The van der Waals surface area contributed by atoms with Crippen molar-refractivity contribution >= 4 is 12.1 Å². The molecular formula is C18H22N2O3. The molecule has 5 nitrogen and oxygen atoms in total. The third kappa shape index (κ3) is 2.31. The summed E-state index contributed by atoms with van der Waals surface area (Å²) in [7, 11) is 0. The molecule has 122 valence electrons. The number of hydrazone groups is 1. The molecule has 0 radical (unpaired) electrons. The maximum Gasteiger partial charge on any atom is 0.250 e. The van der Waals surface area contributed by atoms with E-state index in [2.05, 4.69) is 31.0 Å². The van der Waals surface area contributed by atoms with E-state index in [1.807, 2.05) is 0 Å². The number of phenolic OH excluding ortho intramolecular Hbond substituents is 2. The van der Waals surface area contributed by atoms with Gasteiger partial charge in [0.05, 0.1) is 11.6 Å². The normalized spacial score (nSPS) is 28.4. The average molecular weight is 314 g/mol. The molecule has 2 aliphatic rings. The molecule has 2 fully saturated rings. The molecule has 2 aliphatic carbocycles. The number of nitrogens with one attached hydrogen (secondary N) is 1. The number of phenols is 2. The van der Waals surface area contributed by atoms with E-state index in [4.69, 9.17) is 0 Å². The summed E-state index contributed by atoms with van der Waals surface area (Å²) in [6, 6.07) is 4.36. The molecule has 1 aromatic carbocycles. The summed E-state index contributed by atoms with van der Waals surface area (Å²) in [6.45, 7) is 8.52. The van der Waals surface area contributed by atoms with Crippen LogP contribution in [0.5, 0.6) is 11.5 Å². The number of carbonyl (C=O) groups excluding carboxylic acids is 1. The van der Waals surface area contributed by atoms with E-state index in [1.54, 1.807) is 6.07 Å². The van der Waals surface area contributed by atoms with Crippen LogP contribution in [0.4, 0.5) is 0 Å². The van der Waals surface area contributed by atoms with E-state index >= 15 is 0 Å². The maximum absolute atomic E-state index is 12.7. The SMILES string of the molecule is C=C1C2(C(=O)N/N=C\c3ccc(O)c(O)c3)CCC(C2)C1(C)C. The zero-order valence-corrected chi connectivity index (χ0v) is 13.5. The Balaban J connectivity index is 1.71. The quantitative estimate of drug-likeness (QED) is 0.347. The van der Waals surface area contributed by atoms with Crippen molar-refractivity contribution in [1.82, 2.24) is 5.43 Å². The van der Waals surface area contributed by atoms with Gasteiger partial charge in [0, 0.05) is 0 Å². The lowest BCUT2D eigenvalue weighted by Gasteiger charge is -2.36. The van der Waals surface area contributed by atoms with Gasteiger partial charge in [-0.3, -0.25) is 4.79 Å². The second-order valence-corrected chi connectivity index (χ2v) is 7.17. The molecule has 2 bridgehead atoms. The molecule has 2 unspecified atom stereocenters. The first-order valence-corrected chi connectivity index (χ1v) is 7.83. The monoisotopic (exact) mass is 314 g/mol. The van der Waals surface area contributed by atoms with E-state index in [1.165, 1.54) is 18.3 Å². The van der Waals surface area contributed by atoms with E-state index in [0.717, 1.165) is 24.8 Å². The van der Waals surface area contributed by atoms with Crippen LogP contribution in [0.3, 0.4) is 0 Å². The Kier molecular flexibility index (Phi) is 3.47. The molecule has 1 amide bonds. The third-order valence-corrected chi connectivity index (χ3v) is 5.70. The second kappa shape index (κ2) is 5.11. The van der Waals surface area contributed by atoms with Crippen LogP contribution in [-0.2, 0) is 4.79 Å². The van der Waals surface area contributed by atoms with Crippen LogP contribution >= 0.6 is 0 Å². The average Bonchev–Trinajstić information content (AvgIpc) is 3.03. The molecule has 2 atom stereocenters. The summed E-state index contributed by atoms with van der Waals surface area (Å²) in [4.78, 5) is 12.7. The van der Waals surface area contributed by atoms with E-state index < -0.39 is 5.41 Å². The number of hydrogen-bond acceptors (Lipinski definition) is 4. The van der Waals surface area contributed by atoms with Crippen LogP contribution < -0.4 is 5.43 Å². The Labute approximate surface area is 135 Å². The first-order chi connectivity index (χ1) is 10.8. The summed E-state index contributed by atoms with van der Waals surface area (Å²) in [5.74, 6) is 0.00332. The Hall–Kier alpha value is -2.30. The minimum atomic E-state index is -0.497. The van der Waals surface area contributed by atoms with Gasteiger partial charge in [0.1, 0.15) is 0 Å². The second-order valence-electron chi connectivity index (χ2n) is 7.17. The number of carbonyl (C=O) groups is 1. The molecule has 2 saturated carbocycles. The Morgan fingerprint density at radius 2 is 2.13 bits per heavy atom. The molecule has 0 spiro atoms. The number of amides is 1. The van der Waals surface area contributed by atoms with Gasteiger partial charge in [0.15, 0.2) is 11.5 Å². The predicted octanol–water partition coefficient (Wildman–Crippen LogP) is 2.93. The predicted molar refractivity (Wildman–Crippen MR) is 88.2 cm³/mol. The first kappa shape index (κ1) is 15.6. The van der Waals surface area contributed by atoms with Crippen LogP contribution in [0, 0.1) is 16.7 Å². The van der Waals surface area contributed by atoms with Crippen molar-refractivity contribution in [2.75, 3.05) is 0 Å². The molecule has 3 N–H and O–H groups in total. The highest BCUT2D eigenvalue weighted by Gasteiger charge is 2.60. The van der Waals surface area contributed by atoms with E-state index in [-0.39, 0.29) is 22.8 Å². The fourth-order valence-corrected chi connectivity index (χ4v) is 4.04. The highest BCUT2D eigenvalue weighted by atomic mass is 16.3. The van der Waals surface area contributed by atoms with Crippen molar-refractivity contribution in [2.24, 2.45) is 21.8 Å². The number of aromatic hydroxyl groups is 2. The van der Waals surface area contributed by atoms with Gasteiger partial charge in [0.25, 0.3) is 0 Å². The van der Waals surface area contributed by atoms with Crippen LogP contribution in [0.25, 0.3) is 0 Å². The van der Waals surface area contributed by atoms with Crippen molar-refractivity contribution in [1.29, 1.82) is 0 Å². The smallest absolute Gasteiger partial charge is 0.250 e. The molecule has 0 aliphatic heterocycles. The van der Waals surface area contributed by atoms with Gasteiger partial charge < -0.3 is 10.2 Å². The fourth-order valence-electron chi connectivity index (χ4n) is 4.04. The minimum absolute atomic E-state index is 0.00203. The summed E-state index contributed by atoms with van der Waals surface area (Å²) < 4.78 is 0. The van der Waals surface area contributed by atoms with Gasteiger partial charge in [0.2, 0.25) is 5.91 Å². The molecule has 3 rings (SSSR count). The highest BCUT2D eigenvalue weighted by molar-refractivity contribution is 5.89. The molecule has 0 aromatic heterocycles. The molecular weight excluding hydrogens is 292 g/mol. The minimum Gasteiger partial charge on any atom is -0.504 e. The van der Waals surface area contributed by atoms with E-state index in [0.29, 0.717) is 11.5 Å². The molecule has 23 heavy (non-hydrogen) atoms. The number of fused-ring (bicyclic) bond motifs is 2. The van der Waals surface area contributed by atoms with Crippen LogP contribution in [0.15, 0.2) is 35.5 Å². The van der Waals surface area contributed by atoms with Crippen molar-refractivity contribution in [3.05, 3.63) is 35.9 Å². The lowest BCUT2D eigenvalue weighted by atomic mass is 9.68. The van der Waals surface area contributed by atoms with Gasteiger partial charge >= 0.3 is 0 Å². The van der Waals surface area contributed by atoms with Crippen molar-refractivity contribution < 1.29 is 15.0 Å². The van der Waals surface area contributed by atoms with Crippen LogP contribution in [0.1, 0.15) is 38.7 Å². The Morgan fingerprint density at radius 1 is 1.39 bits per heavy atom. The number of rotatable bonds is 3. The summed E-state index contributed by atoms with van der Waals surface area (Å²) in [5.41, 5.74) is 3.73. The lowest BCUT2D eigenvalue weighted by Crippen LogP contribution is -2.39. The number of nitrogens with zero attached hydrogens (tertiary/aromatic N) is 1. The highest BCUT2D eigenvalue weighted by Crippen LogP contribution is 2.65. The standard InChI is InChI=1S/C18H22N2O3/c1-11-17(2,3)13-6-7-18(11,9-13)16(23)20-19-10-12-4-5-14(21)15(22)8-12/h4-5,8,10,13,21-22H,1,6-7,9H2,2-3H3,(H,20,23)/b19-10-. The lowest BCUT2D eigenvalue weighted by molar-refractivity contribution is -0.128. The molecule has 5 heteroatoms. The Bertz CT molecular complexity index is 708. The summed E-state index contributed by atoms with van der Waals surface area (Å²) >= 11 is 0. The van der Waals surface area contributed by atoms with Crippen LogP contribution in [-0.4, -0.2) is 22.3 Å². The van der Waals surface area contributed by atoms with Gasteiger partial charge in [-0.2, -0.15) is 5.10 Å². The largest absolute Gasteiger partial charge is 0.504 e. The first-order valence-electron chi connectivity index (χ1n) is 7.83. The number of benzene rings is 1. The summed E-state index contributed by atoms with van der Waals surface area (Å²) in [5, 5.41) is 22.7. The van der Waals surface area contributed by atoms with E-state index in [9.17, 15) is 15.0 Å². The summed E-state index contributed by atoms with van der Waals surface area (Å²) in [6.07, 6.45) is 4.18. The molecule has 0 saturated heterocycles. The third-order valence-electron chi connectivity index (χ3n) is 5.70.